The number of carboxylic acid groups (broad SMARTS) is 1. The molecule has 1 aromatic carbocycles. The van der Waals surface area contributed by atoms with Gasteiger partial charge in [-0.25, -0.2) is 0 Å². The Morgan fingerprint density at radius 1 is 1.41 bits per heavy atom. The summed E-state index contributed by atoms with van der Waals surface area (Å²) in [7, 11) is 2.20. The van der Waals surface area contributed by atoms with Crippen molar-refractivity contribution in [2.24, 2.45) is 11.8 Å². The van der Waals surface area contributed by atoms with Gasteiger partial charge >= 0.3 is 0 Å². The second kappa shape index (κ2) is 8.47. The summed E-state index contributed by atoms with van der Waals surface area (Å²) in [6.07, 6.45) is 6.11. The number of piperidine rings is 1. The highest BCUT2D eigenvalue weighted by Crippen LogP contribution is 2.43. The van der Waals surface area contributed by atoms with E-state index in [4.69, 9.17) is 14.6 Å². The van der Waals surface area contributed by atoms with Gasteiger partial charge in [-0.1, -0.05) is 12.1 Å². The van der Waals surface area contributed by atoms with E-state index >= 15 is 0 Å². The van der Waals surface area contributed by atoms with Crippen molar-refractivity contribution >= 4 is 28.7 Å². The van der Waals surface area contributed by atoms with Gasteiger partial charge in [0.05, 0.1) is 18.7 Å². The van der Waals surface area contributed by atoms with Crippen LogP contribution in [0.4, 0.5) is 0 Å². The van der Waals surface area contributed by atoms with Crippen LogP contribution in [-0.4, -0.2) is 65.3 Å². The first kappa shape index (κ1) is 19.8. The third kappa shape index (κ3) is 3.97. The molecule has 3 unspecified atom stereocenters. The first-order valence-electron chi connectivity index (χ1n) is 10.2. The number of rotatable bonds is 4. The summed E-state index contributed by atoms with van der Waals surface area (Å²) in [5.74, 6) is 1.40. The first-order chi connectivity index (χ1) is 14.1. The van der Waals surface area contributed by atoms with E-state index in [0.717, 1.165) is 36.9 Å². The minimum atomic E-state index is -0.250. The van der Waals surface area contributed by atoms with Crippen LogP contribution in [0.3, 0.4) is 0 Å². The van der Waals surface area contributed by atoms with Crippen molar-refractivity contribution < 1.29 is 19.4 Å². The Balaban J connectivity index is 0.000000645. The number of Topliss-reactive ketones (excluding diaryl/α,β-unsaturated/α-hetero) is 1. The maximum absolute atomic E-state index is 13.0. The van der Waals surface area contributed by atoms with Crippen molar-refractivity contribution in [1.82, 2.24) is 15.1 Å². The fraction of sp³-hybridized carbons (Fsp3) is 0.500. The molecule has 2 bridgehead atoms. The fourth-order valence-electron chi connectivity index (χ4n) is 5.08. The van der Waals surface area contributed by atoms with Crippen LogP contribution in [0.5, 0.6) is 0 Å². The summed E-state index contributed by atoms with van der Waals surface area (Å²) in [5, 5.41) is 15.3. The predicted molar refractivity (Wildman–Crippen MR) is 110 cm³/mol. The Hall–Kier alpha value is -2.51. The monoisotopic (exact) mass is 397 g/mol. The minimum Gasteiger partial charge on any atom is -0.483 e. The van der Waals surface area contributed by atoms with Crippen molar-refractivity contribution in [3.05, 3.63) is 35.5 Å². The van der Waals surface area contributed by atoms with Gasteiger partial charge in [-0.15, -0.1) is 0 Å². The number of likely N-dealkylation sites (tertiary alicyclic amines) is 1. The number of ether oxygens (including phenoxy) is 1. The molecule has 1 aromatic heterocycles. The Kier molecular flexibility index (Phi) is 5.78. The van der Waals surface area contributed by atoms with Crippen LogP contribution < -0.4 is 0 Å². The van der Waals surface area contributed by atoms with Crippen LogP contribution in [-0.2, 0) is 9.53 Å². The molecule has 7 heteroatoms. The second-order valence-corrected chi connectivity index (χ2v) is 8.20. The third-order valence-electron chi connectivity index (χ3n) is 6.57. The fourth-order valence-corrected chi connectivity index (χ4v) is 5.08. The van der Waals surface area contributed by atoms with Crippen LogP contribution in [0, 0.1) is 11.8 Å². The zero-order valence-electron chi connectivity index (χ0n) is 16.6. The number of H-pyrrole nitrogens is 1. The average molecular weight is 397 g/mol. The SMILES string of the molecule is CN1CC2CC1CC2CC(=O)c1n[nH]c2ccc(C3=CCOCC3)cc12.O=CO. The molecule has 2 N–H and O–H groups in total. The molecule has 1 saturated heterocycles. The predicted octanol–water partition coefficient (Wildman–Crippen LogP) is 2.98. The van der Waals surface area contributed by atoms with Gasteiger partial charge < -0.3 is 14.7 Å². The van der Waals surface area contributed by atoms with Crippen molar-refractivity contribution in [2.45, 2.75) is 31.7 Å². The number of aromatic amines is 1. The number of carbonyl (C=O) groups excluding carboxylic acids is 1. The highest BCUT2D eigenvalue weighted by atomic mass is 16.5. The quantitative estimate of drug-likeness (QED) is 0.608. The smallest absolute Gasteiger partial charge is 0.290 e. The standard InChI is InChI=1S/C21H25N3O2.CH2O2/c1-24-12-16-9-17(24)8-15(16)11-20(25)21-18-10-14(2-3-19(18)22-23-21)13-4-6-26-7-5-13;2-1-3/h2-4,10,15-17H,5-9,11-12H2,1H3,(H,22,23);1H,(H,2,3). The Bertz CT molecular complexity index is 933. The molecular weight excluding hydrogens is 370 g/mol. The lowest BCUT2D eigenvalue weighted by Gasteiger charge is -2.27. The Morgan fingerprint density at radius 2 is 2.24 bits per heavy atom. The molecule has 2 aliphatic heterocycles. The minimum absolute atomic E-state index is 0.189. The van der Waals surface area contributed by atoms with E-state index in [-0.39, 0.29) is 12.3 Å². The highest BCUT2D eigenvalue weighted by molar-refractivity contribution is 6.06. The number of fused-ring (bicyclic) bond motifs is 3. The second-order valence-electron chi connectivity index (χ2n) is 8.20. The third-order valence-corrected chi connectivity index (χ3v) is 6.57. The van der Waals surface area contributed by atoms with E-state index in [2.05, 4.69) is 40.4 Å². The van der Waals surface area contributed by atoms with Gasteiger partial charge in [-0.05, 0) is 61.4 Å². The number of benzene rings is 1. The lowest BCUT2D eigenvalue weighted by atomic mass is 9.88. The molecule has 0 radical (unpaired) electrons. The van der Waals surface area contributed by atoms with Gasteiger partial charge in [0, 0.05) is 24.4 Å². The molecule has 0 spiro atoms. The van der Waals surface area contributed by atoms with Crippen LogP contribution in [0.1, 0.15) is 41.7 Å². The maximum Gasteiger partial charge on any atom is 0.290 e. The average Bonchev–Trinajstić information content (AvgIpc) is 3.42. The summed E-state index contributed by atoms with van der Waals surface area (Å²) in [6, 6.07) is 6.95. The topological polar surface area (TPSA) is 95.5 Å². The molecule has 154 valence electrons. The van der Waals surface area contributed by atoms with Gasteiger partial charge in [-0.2, -0.15) is 5.10 Å². The van der Waals surface area contributed by atoms with Crippen molar-refractivity contribution in [1.29, 1.82) is 0 Å². The Labute approximate surface area is 169 Å². The van der Waals surface area contributed by atoms with Crippen LogP contribution >= 0.6 is 0 Å². The zero-order chi connectivity index (χ0) is 20.4. The van der Waals surface area contributed by atoms with Gasteiger partial charge in [0.2, 0.25) is 0 Å². The largest absolute Gasteiger partial charge is 0.483 e. The summed E-state index contributed by atoms with van der Waals surface area (Å²) in [6.45, 7) is 2.33. The number of nitrogens with zero attached hydrogens (tertiary/aromatic N) is 2. The van der Waals surface area contributed by atoms with Gasteiger partial charge in [0.1, 0.15) is 5.69 Å². The van der Waals surface area contributed by atoms with Gasteiger partial charge in [0.25, 0.3) is 6.47 Å². The van der Waals surface area contributed by atoms with Crippen molar-refractivity contribution in [3.8, 4) is 0 Å². The number of hydrogen-bond donors (Lipinski definition) is 2. The van der Waals surface area contributed by atoms with Crippen LogP contribution in [0.2, 0.25) is 0 Å². The molecule has 1 saturated carbocycles. The van der Waals surface area contributed by atoms with E-state index in [1.54, 1.807) is 0 Å². The molecule has 3 atom stereocenters. The maximum atomic E-state index is 13.0. The zero-order valence-corrected chi connectivity index (χ0v) is 16.6. The van der Waals surface area contributed by atoms with E-state index in [0.29, 0.717) is 36.6 Å². The highest BCUT2D eigenvalue weighted by Gasteiger charge is 2.43. The molecule has 7 nitrogen and oxygen atoms in total. The summed E-state index contributed by atoms with van der Waals surface area (Å²) in [5.41, 5.74) is 4.04. The Morgan fingerprint density at radius 3 is 2.90 bits per heavy atom. The van der Waals surface area contributed by atoms with E-state index in [1.165, 1.54) is 17.6 Å². The lowest BCUT2D eigenvalue weighted by Crippen LogP contribution is -2.32. The number of ketones is 1. The van der Waals surface area contributed by atoms with E-state index in [1.807, 2.05) is 6.07 Å². The van der Waals surface area contributed by atoms with Gasteiger partial charge in [0.15, 0.2) is 5.78 Å². The number of aromatic nitrogens is 2. The summed E-state index contributed by atoms with van der Waals surface area (Å²) >= 11 is 0. The molecule has 5 rings (SSSR count). The van der Waals surface area contributed by atoms with E-state index < -0.39 is 0 Å². The molecule has 3 aliphatic rings. The molecule has 0 amide bonds. The molecule has 2 fully saturated rings. The number of carbonyl (C=O) groups is 2. The van der Waals surface area contributed by atoms with Crippen LogP contribution in [0.15, 0.2) is 24.3 Å². The van der Waals surface area contributed by atoms with Crippen molar-refractivity contribution in [3.63, 3.8) is 0 Å². The molecular formula is C22H27N3O4. The molecule has 3 heterocycles. The lowest BCUT2D eigenvalue weighted by molar-refractivity contribution is -0.122. The van der Waals surface area contributed by atoms with E-state index in [9.17, 15) is 4.79 Å². The molecule has 1 aliphatic carbocycles. The van der Waals surface area contributed by atoms with Crippen LogP contribution in [0.25, 0.3) is 16.5 Å². The number of nitrogens with one attached hydrogen (secondary N) is 1. The summed E-state index contributed by atoms with van der Waals surface area (Å²) in [4.78, 5) is 23.8. The molecule has 29 heavy (non-hydrogen) atoms. The number of hydrogen-bond acceptors (Lipinski definition) is 5. The molecule has 2 aromatic rings. The summed E-state index contributed by atoms with van der Waals surface area (Å²) < 4.78 is 5.41. The normalized spacial score (nSPS) is 26.1. The van der Waals surface area contributed by atoms with Gasteiger partial charge in [-0.3, -0.25) is 14.7 Å². The van der Waals surface area contributed by atoms with Crippen molar-refractivity contribution in [2.75, 3.05) is 26.8 Å². The first-order valence-corrected chi connectivity index (χ1v) is 10.2.